The summed E-state index contributed by atoms with van der Waals surface area (Å²) in [7, 11) is 3.36. The lowest BCUT2D eigenvalue weighted by molar-refractivity contribution is -0.128. The zero-order chi connectivity index (χ0) is 25.9. The van der Waals surface area contributed by atoms with E-state index in [1.807, 2.05) is 54.6 Å². The average Bonchev–Trinajstić information content (AvgIpc) is 3.44. The number of hydrogen-bond acceptors (Lipinski definition) is 6. The number of fused-ring (bicyclic) bond motifs is 2. The van der Waals surface area contributed by atoms with Crippen molar-refractivity contribution in [3.63, 3.8) is 0 Å². The van der Waals surface area contributed by atoms with Crippen molar-refractivity contribution >= 4 is 28.3 Å². The van der Waals surface area contributed by atoms with Crippen molar-refractivity contribution in [3.05, 3.63) is 72.1 Å². The van der Waals surface area contributed by atoms with Crippen molar-refractivity contribution in [1.82, 2.24) is 25.8 Å². The van der Waals surface area contributed by atoms with E-state index < -0.39 is 12.1 Å². The molecule has 0 saturated heterocycles. The van der Waals surface area contributed by atoms with Gasteiger partial charge in [-0.2, -0.15) is 0 Å². The summed E-state index contributed by atoms with van der Waals surface area (Å²) in [6, 6.07) is 16.9. The van der Waals surface area contributed by atoms with Gasteiger partial charge in [0, 0.05) is 16.8 Å². The third-order valence-corrected chi connectivity index (χ3v) is 7.01. The monoisotopic (exact) mass is 498 g/mol. The summed E-state index contributed by atoms with van der Waals surface area (Å²) in [6.45, 7) is 2.07. The highest BCUT2D eigenvalue weighted by Gasteiger charge is 2.33. The first kappa shape index (κ1) is 24.5. The van der Waals surface area contributed by atoms with Crippen LogP contribution in [0.4, 0.5) is 5.69 Å². The largest absolute Gasteiger partial charge is 0.496 e. The Kier molecular flexibility index (Phi) is 6.87. The number of rotatable bonds is 7. The van der Waals surface area contributed by atoms with E-state index in [1.54, 1.807) is 32.3 Å². The molecule has 37 heavy (non-hydrogen) atoms. The molecule has 1 aliphatic heterocycles. The molecule has 3 aromatic carbocycles. The van der Waals surface area contributed by atoms with E-state index in [4.69, 9.17) is 4.74 Å². The Morgan fingerprint density at radius 2 is 2.05 bits per heavy atom. The Morgan fingerprint density at radius 3 is 2.81 bits per heavy atom. The number of hydrogen-bond donors (Lipinski definition) is 3. The number of aryl methyl sites for hydroxylation is 1. The highest BCUT2D eigenvalue weighted by Crippen LogP contribution is 2.35. The standard InChI is InChI=1S/C28H30N6O3/c1-17(29-2)27(35)32-23-12-9-18-6-4-5-7-24(18)34(28(23)36)15-22-21-11-8-20(26-30-16-31-33-26)14-19(21)10-13-25(22)37-3/h4-8,10-11,13-14,16-17,23,29H,9,12,15H2,1-3H3,(H,32,35)(H,30,31,33)/t17-,23-/m0/s1. The van der Waals surface area contributed by atoms with Crippen molar-refractivity contribution in [1.29, 1.82) is 0 Å². The molecule has 190 valence electrons. The van der Waals surface area contributed by atoms with E-state index >= 15 is 0 Å². The van der Waals surface area contributed by atoms with Crippen molar-refractivity contribution in [2.45, 2.75) is 38.4 Å². The number of benzene rings is 3. The van der Waals surface area contributed by atoms with E-state index in [1.165, 1.54) is 0 Å². The van der Waals surface area contributed by atoms with Gasteiger partial charge < -0.3 is 25.3 Å². The first-order valence-electron chi connectivity index (χ1n) is 12.3. The number of methoxy groups -OCH3 is 1. The van der Waals surface area contributed by atoms with E-state index in [-0.39, 0.29) is 11.8 Å². The molecule has 0 aliphatic carbocycles. The summed E-state index contributed by atoms with van der Waals surface area (Å²) in [5.41, 5.74) is 3.73. The Bertz CT molecular complexity index is 1440. The van der Waals surface area contributed by atoms with Crippen LogP contribution >= 0.6 is 0 Å². The fraction of sp³-hybridized carbons (Fsp3) is 0.286. The molecule has 2 atom stereocenters. The van der Waals surface area contributed by atoms with Gasteiger partial charge in [0.15, 0.2) is 5.82 Å². The zero-order valence-corrected chi connectivity index (χ0v) is 21.1. The lowest BCUT2D eigenvalue weighted by Gasteiger charge is -2.28. The Balaban J connectivity index is 1.56. The quantitative estimate of drug-likeness (QED) is 0.361. The predicted octanol–water partition coefficient (Wildman–Crippen LogP) is 3.21. The number of nitrogens with zero attached hydrogens (tertiary/aromatic N) is 3. The van der Waals surface area contributed by atoms with Crippen LogP contribution in [0.15, 0.2) is 60.9 Å². The van der Waals surface area contributed by atoms with Crippen LogP contribution < -0.4 is 20.3 Å². The molecule has 9 nitrogen and oxygen atoms in total. The number of carbonyl (C=O) groups is 2. The highest BCUT2D eigenvalue weighted by atomic mass is 16.5. The fourth-order valence-electron chi connectivity index (χ4n) is 4.82. The second-order valence-electron chi connectivity index (χ2n) is 9.18. The second-order valence-corrected chi connectivity index (χ2v) is 9.18. The van der Waals surface area contributed by atoms with Crippen LogP contribution in [-0.2, 0) is 22.6 Å². The molecule has 0 unspecified atom stereocenters. The number of ether oxygens (including phenoxy) is 1. The summed E-state index contributed by atoms with van der Waals surface area (Å²) in [5.74, 6) is 1.04. The number of likely N-dealkylation sites (N-methyl/N-ethyl adjacent to an activating group) is 1. The lowest BCUT2D eigenvalue weighted by Crippen LogP contribution is -2.52. The van der Waals surface area contributed by atoms with Gasteiger partial charge in [-0.05, 0) is 61.3 Å². The van der Waals surface area contributed by atoms with Crippen molar-refractivity contribution in [3.8, 4) is 17.1 Å². The topological polar surface area (TPSA) is 112 Å². The zero-order valence-electron chi connectivity index (χ0n) is 21.1. The molecular formula is C28H30N6O3. The molecule has 0 fully saturated rings. The van der Waals surface area contributed by atoms with Crippen LogP contribution in [0.1, 0.15) is 24.5 Å². The fourth-order valence-corrected chi connectivity index (χ4v) is 4.82. The number of aromatic nitrogens is 3. The third kappa shape index (κ3) is 4.77. The minimum Gasteiger partial charge on any atom is -0.496 e. The molecule has 0 bridgehead atoms. The van der Waals surface area contributed by atoms with Gasteiger partial charge in [-0.1, -0.05) is 36.4 Å². The third-order valence-electron chi connectivity index (χ3n) is 7.01. The minimum atomic E-state index is -0.630. The van der Waals surface area contributed by atoms with Crippen LogP contribution in [0.25, 0.3) is 22.2 Å². The summed E-state index contributed by atoms with van der Waals surface area (Å²) >= 11 is 0. The smallest absolute Gasteiger partial charge is 0.249 e. The normalized spacial score (nSPS) is 16.2. The molecule has 3 N–H and O–H groups in total. The van der Waals surface area contributed by atoms with Gasteiger partial charge in [-0.3, -0.25) is 9.59 Å². The molecule has 0 saturated carbocycles. The van der Waals surface area contributed by atoms with Crippen LogP contribution in [0.2, 0.25) is 0 Å². The Morgan fingerprint density at radius 1 is 1.22 bits per heavy atom. The summed E-state index contributed by atoms with van der Waals surface area (Å²) in [4.78, 5) is 31.4. The number of amides is 2. The van der Waals surface area contributed by atoms with Crippen LogP contribution in [-0.4, -0.2) is 53.2 Å². The van der Waals surface area contributed by atoms with E-state index in [2.05, 4.69) is 25.8 Å². The molecule has 0 spiro atoms. The summed E-state index contributed by atoms with van der Waals surface area (Å²) in [5, 5.41) is 15.9. The van der Waals surface area contributed by atoms with Gasteiger partial charge in [0.1, 0.15) is 18.1 Å². The molecule has 4 aromatic rings. The van der Waals surface area contributed by atoms with Gasteiger partial charge in [0.05, 0.1) is 19.7 Å². The van der Waals surface area contributed by atoms with E-state index in [9.17, 15) is 9.59 Å². The van der Waals surface area contributed by atoms with Gasteiger partial charge in [0.2, 0.25) is 11.8 Å². The van der Waals surface area contributed by atoms with Crippen LogP contribution in [0, 0.1) is 0 Å². The number of H-pyrrole nitrogens is 1. The SMILES string of the molecule is CN[C@@H](C)C(=O)N[C@H]1CCc2ccccc2N(Cc2c(OC)ccc3cc(-c4nnc[nH]4)ccc23)C1=O. The summed E-state index contributed by atoms with van der Waals surface area (Å²) in [6.07, 6.45) is 2.76. The highest BCUT2D eigenvalue weighted by molar-refractivity contribution is 6.02. The maximum atomic E-state index is 13.9. The number of aromatic amines is 1. The number of nitrogens with one attached hydrogen (secondary N) is 3. The molecule has 5 rings (SSSR count). The van der Waals surface area contributed by atoms with Gasteiger partial charge in [-0.15, -0.1) is 10.2 Å². The number of anilines is 1. The maximum absolute atomic E-state index is 13.9. The van der Waals surface area contributed by atoms with E-state index in [0.717, 1.165) is 33.2 Å². The predicted molar refractivity (Wildman–Crippen MR) is 142 cm³/mol. The maximum Gasteiger partial charge on any atom is 0.249 e. The minimum absolute atomic E-state index is 0.140. The molecule has 0 radical (unpaired) electrons. The van der Waals surface area contributed by atoms with Gasteiger partial charge in [0.25, 0.3) is 0 Å². The van der Waals surface area contributed by atoms with Crippen molar-refractivity contribution in [2.75, 3.05) is 19.1 Å². The molecular weight excluding hydrogens is 468 g/mol. The van der Waals surface area contributed by atoms with Crippen LogP contribution in [0.3, 0.4) is 0 Å². The molecule has 2 amide bonds. The molecule has 2 heterocycles. The van der Waals surface area contributed by atoms with Crippen LogP contribution in [0.5, 0.6) is 5.75 Å². The molecule has 1 aromatic heterocycles. The lowest BCUT2D eigenvalue weighted by atomic mass is 10.00. The second kappa shape index (κ2) is 10.4. The molecule has 9 heteroatoms. The molecule has 1 aliphatic rings. The van der Waals surface area contributed by atoms with Crippen molar-refractivity contribution < 1.29 is 14.3 Å². The Labute approximate surface area is 215 Å². The number of para-hydroxylation sites is 1. The van der Waals surface area contributed by atoms with E-state index in [0.29, 0.717) is 31.0 Å². The number of carbonyl (C=O) groups excluding carboxylic acids is 2. The summed E-state index contributed by atoms with van der Waals surface area (Å²) < 4.78 is 5.74. The average molecular weight is 499 g/mol. The van der Waals surface area contributed by atoms with Gasteiger partial charge >= 0.3 is 0 Å². The Hall–Kier alpha value is -4.24. The first-order chi connectivity index (χ1) is 18.0. The van der Waals surface area contributed by atoms with Crippen molar-refractivity contribution in [2.24, 2.45) is 0 Å². The van der Waals surface area contributed by atoms with Gasteiger partial charge in [-0.25, -0.2) is 0 Å². The first-order valence-corrected chi connectivity index (χ1v) is 12.3.